The molecule has 0 atom stereocenters. The number of carbonyl (C=O) groups excluding carboxylic acids is 2. The molecule has 3 rings (SSSR count). The minimum atomic E-state index is -0.518. The molecule has 0 aliphatic rings. The molecule has 0 spiro atoms. The topological polar surface area (TPSA) is 56.3 Å². The normalized spacial score (nSPS) is 10.3. The number of aromatic nitrogens is 1. The third kappa shape index (κ3) is 2.51. The number of hydrogen-bond acceptors (Lipinski definition) is 4. The van der Waals surface area contributed by atoms with Crippen LogP contribution in [0.3, 0.4) is 0 Å². The zero-order valence-electron chi connectivity index (χ0n) is 11.0. The van der Waals surface area contributed by atoms with E-state index in [2.05, 4.69) is 4.98 Å². The van der Waals surface area contributed by atoms with Gasteiger partial charge < -0.3 is 4.74 Å². The van der Waals surface area contributed by atoms with Crippen LogP contribution in [0.25, 0.3) is 10.8 Å². The average Bonchev–Trinajstić information content (AvgIpc) is 2.55. The SMILES string of the molecule is O=Cc1c(OC(=O)c2ccncc2)ccc2ccccc12. The second-order valence-electron chi connectivity index (χ2n) is 4.44. The predicted octanol–water partition coefficient (Wildman–Crippen LogP) is 3.27. The minimum absolute atomic E-state index is 0.255. The van der Waals surface area contributed by atoms with Gasteiger partial charge in [-0.05, 0) is 29.0 Å². The summed E-state index contributed by atoms with van der Waals surface area (Å²) < 4.78 is 5.33. The Bertz CT molecular complexity index is 813. The fourth-order valence-corrected chi connectivity index (χ4v) is 2.13. The summed E-state index contributed by atoms with van der Waals surface area (Å²) in [6, 6.07) is 14.0. The van der Waals surface area contributed by atoms with Crippen LogP contribution in [0.5, 0.6) is 5.75 Å². The monoisotopic (exact) mass is 277 g/mol. The van der Waals surface area contributed by atoms with Crippen LogP contribution in [0.15, 0.2) is 60.9 Å². The lowest BCUT2D eigenvalue weighted by Crippen LogP contribution is -2.09. The lowest BCUT2D eigenvalue weighted by atomic mass is 10.0. The van der Waals surface area contributed by atoms with Crippen molar-refractivity contribution in [3.05, 3.63) is 72.1 Å². The molecule has 1 aromatic heterocycles. The number of esters is 1. The summed E-state index contributed by atoms with van der Waals surface area (Å²) in [5, 5.41) is 1.68. The Balaban J connectivity index is 2.01. The minimum Gasteiger partial charge on any atom is -0.422 e. The van der Waals surface area contributed by atoms with Crippen LogP contribution in [-0.2, 0) is 0 Å². The Morgan fingerprint density at radius 1 is 1.00 bits per heavy atom. The summed E-state index contributed by atoms with van der Waals surface area (Å²) in [4.78, 5) is 27.3. The van der Waals surface area contributed by atoms with Crippen molar-refractivity contribution in [2.75, 3.05) is 0 Å². The van der Waals surface area contributed by atoms with Crippen molar-refractivity contribution in [3.8, 4) is 5.75 Å². The Morgan fingerprint density at radius 3 is 2.52 bits per heavy atom. The van der Waals surface area contributed by atoms with Gasteiger partial charge >= 0.3 is 5.97 Å². The van der Waals surface area contributed by atoms with Crippen molar-refractivity contribution in [1.82, 2.24) is 4.98 Å². The lowest BCUT2D eigenvalue weighted by molar-refractivity contribution is 0.0733. The van der Waals surface area contributed by atoms with Crippen molar-refractivity contribution in [2.45, 2.75) is 0 Å². The van der Waals surface area contributed by atoms with E-state index in [9.17, 15) is 9.59 Å². The fourth-order valence-electron chi connectivity index (χ4n) is 2.13. The number of pyridine rings is 1. The number of nitrogens with zero attached hydrogens (tertiary/aromatic N) is 1. The van der Waals surface area contributed by atoms with E-state index in [1.807, 2.05) is 30.3 Å². The summed E-state index contributed by atoms with van der Waals surface area (Å²) in [6.45, 7) is 0. The molecular formula is C17H11NO3. The molecule has 3 aromatic rings. The molecular weight excluding hydrogens is 266 g/mol. The molecule has 4 heteroatoms. The van der Waals surface area contributed by atoms with Crippen LogP contribution >= 0.6 is 0 Å². The first-order valence-electron chi connectivity index (χ1n) is 6.39. The van der Waals surface area contributed by atoms with Crippen molar-refractivity contribution >= 4 is 23.0 Å². The molecule has 1 heterocycles. The number of carbonyl (C=O) groups is 2. The highest BCUT2D eigenvalue weighted by atomic mass is 16.5. The molecule has 0 saturated carbocycles. The van der Waals surface area contributed by atoms with E-state index < -0.39 is 5.97 Å². The van der Waals surface area contributed by atoms with Gasteiger partial charge in [0.25, 0.3) is 0 Å². The quantitative estimate of drug-likeness (QED) is 0.419. The molecule has 102 valence electrons. The van der Waals surface area contributed by atoms with Crippen LogP contribution in [0.4, 0.5) is 0 Å². The summed E-state index contributed by atoms with van der Waals surface area (Å²) in [6.07, 6.45) is 3.73. The predicted molar refractivity (Wildman–Crippen MR) is 78.5 cm³/mol. The molecule has 0 N–H and O–H groups in total. The first-order valence-corrected chi connectivity index (χ1v) is 6.39. The standard InChI is InChI=1S/C17H11NO3/c19-11-15-14-4-2-1-3-12(14)5-6-16(15)21-17(20)13-7-9-18-10-8-13/h1-11H. The Labute approximate surface area is 121 Å². The van der Waals surface area contributed by atoms with E-state index >= 15 is 0 Å². The van der Waals surface area contributed by atoms with E-state index in [0.717, 1.165) is 10.8 Å². The van der Waals surface area contributed by atoms with Crippen LogP contribution in [-0.4, -0.2) is 17.2 Å². The molecule has 0 fully saturated rings. The highest BCUT2D eigenvalue weighted by Gasteiger charge is 2.13. The van der Waals surface area contributed by atoms with Gasteiger partial charge in [0.05, 0.1) is 11.1 Å². The van der Waals surface area contributed by atoms with Crippen LogP contribution in [0.1, 0.15) is 20.7 Å². The highest BCUT2D eigenvalue weighted by Crippen LogP contribution is 2.27. The fraction of sp³-hybridized carbons (Fsp3) is 0. The van der Waals surface area contributed by atoms with Crippen molar-refractivity contribution in [2.24, 2.45) is 0 Å². The van der Waals surface area contributed by atoms with E-state index in [-0.39, 0.29) is 5.75 Å². The maximum atomic E-state index is 12.1. The molecule has 0 unspecified atom stereocenters. The van der Waals surface area contributed by atoms with Crippen molar-refractivity contribution < 1.29 is 14.3 Å². The van der Waals surface area contributed by atoms with Gasteiger partial charge in [0, 0.05) is 12.4 Å². The van der Waals surface area contributed by atoms with Gasteiger partial charge in [0.2, 0.25) is 0 Å². The molecule has 0 bridgehead atoms. The molecule has 0 aliphatic heterocycles. The zero-order valence-corrected chi connectivity index (χ0v) is 11.0. The van der Waals surface area contributed by atoms with E-state index in [4.69, 9.17) is 4.74 Å². The Kier molecular flexibility index (Phi) is 3.43. The summed E-state index contributed by atoms with van der Waals surface area (Å²) in [7, 11) is 0. The summed E-state index contributed by atoms with van der Waals surface area (Å²) >= 11 is 0. The molecule has 0 saturated heterocycles. The number of fused-ring (bicyclic) bond motifs is 1. The molecule has 0 aliphatic carbocycles. The van der Waals surface area contributed by atoms with E-state index in [1.165, 1.54) is 12.4 Å². The summed E-state index contributed by atoms with van der Waals surface area (Å²) in [5.74, 6) is -0.263. The third-order valence-corrected chi connectivity index (χ3v) is 3.17. The van der Waals surface area contributed by atoms with Crippen LogP contribution in [0, 0.1) is 0 Å². The average molecular weight is 277 g/mol. The molecule has 2 aromatic carbocycles. The second kappa shape index (κ2) is 5.54. The number of ether oxygens (including phenoxy) is 1. The number of benzene rings is 2. The molecule has 21 heavy (non-hydrogen) atoms. The molecule has 4 nitrogen and oxygen atoms in total. The maximum absolute atomic E-state index is 12.1. The molecule has 0 amide bonds. The van der Waals surface area contributed by atoms with Gasteiger partial charge in [0.15, 0.2) is 6.29 Å². The molecule has 0 radical (unpaired) electrons. The van der Waals surface area contributed by atoms with Gasteiger partial charge in [-0.1, -0.05) is 30.3 Å². The van der Waals surface area contributed by atoms with Crippen molar-refractivity contribution in [1.29, 1.82) is 0 Å². The Morgan fingerprint density at radius 2 is 1.76 bits per heavy atom. The van der Waals surface area contributed by atoms with E-state index in [0.29, 0.717) is 17.4 Å². The second-order valence-corrected chi connectivity index (χ2v) is 4.44. The number of rotatable bonds is 3. The lowest BCUT2D eigenvalue weighted by Gasteiger charge is -2.09. The van der Waals surface area contributed by atoms with Gasteiger partial charge in [0.1, 0.15) is 5.75 Å². The van der Waals surface area contributed by atoms with Crippen molar-refractivity contribution in [3.63, 3.8) is 0 Å². The smallest absolute Gasteiger partial charge is 0.343 e. The van der Waals surface area contributed by atoms with Crippen LogP contribution < -0.4 is 4.74 Å². The van der Waals surface area contributed by atoms with Gasteiger partial charge in [-0.25, -0.2) is 4.79 Å². The maximum Gasteiger partial charge on any atom is 0.343 e. The van der Waals surface area contributed by atoms with Crippen LogP contribution in [0.2, 0.25) is 0 Å². The zero-order chi connectivity index (χ0) is 14.7. The highest BCUT2D eigenvalue weighted by molar-refractivity contribution is 6.02. The Hall–Kier alpha value is -3.01. The van der Waals surface area contributed by atoms with Gasteiger partial charge in [-0.3, -0.25) is 9.78 Å². The van der Waals surface area contributed by atoms with E-state index in [1.54, 1.807) is 18.2 Å². The largest absolute Gasteiger partial charge is 0.422 e. The van der Waals surface area contributed by atoms with Gasteiger partial charge in [-0.15, -0.1) is 0 Å². The number of hydrogen-bond donors (Lipinski definition) is 0. The third-order valence-electron chi connectivity index (χ3n) is 3.17. The summed E-state index contributed by atoms with van der Waals surface area (Å²) in [5.41, 5.74) is 0.755. The van der Waals surface area contributed by atoms with Gasteiger partial charge in [-0.2, -0.15) is 0 Å². The first-order chi connectivity index (χ1) is 10.3. The number of aldehydes is 1. The first kappa shape index (κ1) is 13.0.